The van der Waals surface area contributed by atoms with E-state index in [1.54, 1.807) is 0 Å². The number of nitrogens with two attached hydrogens (primary N) is 1. The Morgan fingerprint density at radius 3 is 2.10 bits per heavy atom. The van der Waals surface area contributed by atoms with Crippen molar-refractivity contribution in [3.8, 4) is 0 Å². The van der Waals surface area contributed by atoms with Gasteiger partial charge in [0.2, 0.25) is 0 Å². The molecule has 0 aromatic heterocycles. The molecular formula is C9H17N. The van der Waals surface area contributed by atoms with Crippen LogP contribution in [0.2, 0.25) is 0 Å². The van der Waals surface area contributed by atoms with Gasteiger partial charge in [-0.1, -0.05) is 12.8 Å². The summed E-state index contributed by atoms with van der Waals surface area (Å²) in [6, 6.07) is 0.549. The molecule has 3 aliphatic carbocycles. The fourth-order valence-electron chi connectivity index (χ4n) is 2.57. The van der Waals surface area contributed by atoms with Crippen molar-refractivity contribution in [1.82, 2.24) is 0 Å². The maximum absolute atomic E-state index is 6.02. The lowest BCUT2D eigenvalue weighted by atomic mass is 9.83. The van der Waals surface area contributed by atoms with Crippen LogP contribution >= 0.6 is 0 Å². The van der Waals surface area contributed by atoms with Crippen molar-refractivity contribution in [2.45, 2.75) is 44.6 Å². The molecule has 0 amide bonds. The Hall–Kier alpha value is -0.0400. The molecule has 58 valence electrons. The lowest BCUT2D eigenvalue weighted by Gasteiger charge is -2.24. The topological polar surface area (TPSA) is 26.0 Å². The Balaban J connectivity index is 2.07. The van der Waals surface area contributed by atoms with Crippen molar-refractivity contribution in [1.29, 1.82) is 0 Å². The van der Waals surface area contributed by atoms with Crippen molar-refractivity contribution in [2.24, 2.45) is 17.6 Å². The smallest absolute Gasteiger partial charge is 0.00672 e. The van der Waals surface area contributed by atoms with Crippen molar-refractivity contribution in [2.75, 3.05) is 0 Å². The minimum absolute atomic E-state index is 0.549. The van der Waals surface area contributed by atoms with Gasteiger partial charge in [-0.3, -0.25) is 0 Å². The van der Waals surface area contributed by atoms with Crippen LogP contribution in [-0.2, 0) is 0 Å². The summed E-state index contributed by atoms with van der Waals surface area (Å²) >= 11 is 0. The van der Waals surface area contributed by atoms with Crippen LogP contribution < -0.4 is 5.73 Å². The van der Waals surface area contributed by atoms with Crippen molar-refractivity contribution in [3.05, 3.63) is 0 Å². The van der Waals surface area contributed by atoms with Crippen LogP contribution in [0.1, 0.15) is 38.5 Å². The molecule has 10 heavy (non-hydrogen) atoms. The zero-order valence-electron chi connectivity index (χ0n) is 6.55. The highest BCUT2D eigenvalue weighted by molar-refractivity contribution is 4.84. The molecule has 2 N–H and O–H groups in total. The van der Waals surface area contributed by atoms with Gasteiger partial charge in [0.15, 0.2) is 0 Å². The highest BCUT2D eigenvalue weighted by atomic mass is 14.7. The Bertz CT molecular complexity index is 114. The second-order valence-corrected chi connectivity index (χ2v) is 4.02. The van der Waals surface area contributed by atoms with E-state index in [0.29, 0.717) is 6.04 Å². The van der Waals surface area contributed by atoms with E-state index in [9.17, 15) is 0 Å². The quantitative estimate of drug-likeness (QED) is 0.545. The van der Waals surface area contributed by atoms with Gasteiger partial charge in [0.05, 0.1) is 0 Å². The molecule has 0 radical (unpaired) electrons. The number of rotatable bonds is 0. The fourth-order valence-corrected chi connectivity index (χ4v) is 2.57. The standard InChI is InChI=1S/C9H17N/c10-9-6-3-7-1-4-8(9)5-2-7/h7-9H,1-6,10H2. The minimum atomic E-state index is 0.549. The van der Waals surface area contributed by atoms with E-state index in [0.717, 1.165) is 11.8 Å². The average molecular weight is 139 g/mol. The highest BCUT2D eigenvalue weighted by Crippen LogP contribution is 2.38. The first-order valence-corrected chi connectivity index (χ1v) is 4.62. The zero-order valence-corrected chi connectivity index (χ0v) is 6.55. The summed E-state index contributed by atoms with van der Waals surface area (Å²) in [7, 11) is 0. The molecule has 1 atom stereocenters. The van der Waals surface area contributed by atoms with Gasteiger partial charge in [-0.25, -0.2) is 0 Å². The van der Waals surface area contributed by atoms with E-state index >= 15 is 0 Å². The maximum atomic E-state index is 6.02. The lowest BCUT2D eigenvalue weighted by Crippen LogP contribution is -2.28. The van der Waals surface area contributed by atoms with Gasteiger partial charge >= 0.3 is 0 Å². The fraction of sp³-hybridized carbons (Fsp3) is 1.00. The summed E-state index contributed by atoms with van der Waals surface area (Å²) < 4.78 is 0. The van der Waals surface area contributed by atoms with Crippen LogP contribution in [0.25, 0.3) is 0 Å². The largest absolute Gasteiger partial charge is 0.327 e. The first-order valence-electron chi connectivity index (χ1n) is 4.62. The molecule has 1 unspecified atom stereocenters. The van der Waals surface area contributed by atoms with Gasteiger partial charge in [-0.2, -0.15) is 0 Å². The molecule has 0 aromatic rings. The normalized spacial score (nSPS) is 47.1. The molecule has 3 aliphatic rings. The van der Waals surface area contributed by atoms with Gasteiger partial charge in [0.1, 0.15) is 0 Å². The van der Waals surface area contributed by atoms with Gasteiger partial charge < -0.3 is 5.73 Å². The molecule has 2 bridgehead atoms. The average Bonchev–Trinajstić information content (AvgIpc) is 2.24. The van der Waals surface area contributed by atoms with Crippen molar-refractivity contribution in [3.63, 3.8) is 0 Å². The first-order chi connectivity index (χ1) is 4.86. The predicted octanol–water partition coefficient (Wildman–Crippen LogP) is 1.91. The lowest BCUT2D eigenvalue weighted by molar-refractivity contribution is 0.292. The van der Waals surface area contributed by atoms with Gasteiger partial charge in [-0.15, -0.1) is 0 Å². The number of hydrogen-bond acceptors (Lipinski definition) is 1. The molecule has 0 aliphatic heterocycles. The maximum Gasteiger partial charge on any atom is 0.00672 e. The van der Waals surface area contributed by atoms with Crippen molar-refractivity contribution >= 4 is 0 Å². The Labute approximate surface area is 63.0 Å². The third kappa shape index (κ3) is 1.07. The van der Waals surface area contributed by atoms with E-state index < -0.39 is 0 Å². The third-order valence-corrected chi connectivity index (χ3v) is 3.41. The molecule has 3 rings (SSSR count). The van der Waals surface area contributed by atoms with Gasteiger partial charge in [-0.05, 0) is 37.5 Å². The summed E-state index contributed by atoms with van der Waals surface area (Å²) in [5.41, 5.74) is 6.02. The minimum Gasteiger partial charge on any atom is -0.327 e. The van der Waals surface area contributed by atoms with Crippen LogP contribution in [0.3, 0.4) is 0 Å². The van der Waals surface area contributed by atoms with E-state index in [1.165, 1.54) is 38.5 Å². The molecule has 3 saturated carbocycles. The van der Waals surface area contributed by atoms with Gasteiger partial charge in [0, 0.05) is 6.04 Å². The van der Waals surface area contributed by atoms with E-state index in [2.05, 4.69) is 0 Å². The summed E-state index contributed by atoms with van der Waals surface area (Å²) in [5.74, 6) is 1.93. The summed E-state index contributed by atoms with van der Waals surface area (Å²) in [5, 5.41) is 0. The van der Waals surface area contributed by atoms with Crippen LogP contribution in [0.15, 0.2) is 0 Å². The Kier molecular flexibility index (Phi) is 1.69. The molecule has 1 heteroatoms. The SMILES string of the molecule is NC1CCC2CCC1CC2. The summed E-state index contributed by atoms with van der Waals surface area (Å²) in [6.07, 6.45) is 8.50. The number of hydrogen-bond donors (Lipinski definition) is 1. The Morgan fingerprint density at radius 1 is 0.800 bits per heavy atom. The molecule has 3 fully saturated rings. The molecular weight excluding hydrogens is 122 g/mol. The van der Waals surface area contributed by atoms with Crippen LogP contribution in [0.5, 0.6) is 0 Å². The monoisotopic (exact) mass is 139 g/mol. The second kappa shape index (κ2) is 2.54. The molecule has 0 aromatic carbocycles. The van der Waals surface area contributed by atoms with Crippen LogP contribution in [-0.4, -0.2) is 6.04 Å². The zero-order chi connectivity index (χ0) is 6.97. The summed E-state index contributed by atoms with van der Waals surface area (Å²) in [4.78, 5) is 0. The molecule has 1 nitrogen and oxygen atoms in total. The molecule has 0 spiro atoms. The highest BCUT2D eigenvalue weighted by Gasteiger charge is 2.29. The first kappa shape index (κ1) is 6.66. The molecule has 0 saturated heterocycles. The van der Waals surface area contributed by atoms with Crippen molar-refractivity contribution < 1.29 is 0 Å². The van der Waals surface area contributed by atoms with E-state index in [-0.39, 0.29) is 0 Å². The summed E-state index contributed by atoms with van der Waals surface area (Å²) in [6.45, 7) is 0. The molecule has 0 heterocycles. The van der Waals surface area contributed by atoms with E-state index in [4.69, 9.17) is 5.73 Å². The second-order valence-electron chi connectivity index (χ2n) is 4.02. The third-order valence-electron chi connectivity index (χ3n) is 3.41. The van der Waals surface area contributed by atoms with Crippen LogP contribution in [0, 0.1) is 11.8 Å². The van der Waals surface area contributed by atoms with Crippen LogP contribution in [0.4, 0.5) is 0 Å². The number of fused-ring (bicyclic) bond motifs is 4. The Morgan fingerprint density at radius 2 is 1.40 bits per heavy atom. The van der Waals surface area contributed by atoms with E-state index in [1.807, 2.05) is 0 Å². The van der Waals surface area contributed by atoms with Gasteiger partial charge in [0.25, 0.3) is 0 Å². The predicted molar refractivity (Wildman–Crippen MR) is 42.7 cm³/mol.